The average Bonchev–Trinajstić information content (AvgIpc) is 3.19. The molecule has 9 nitrogen and oxygen atoms in total. The highest BCUT2D eigenvalue weighted by Crippen LogP contribution is 2.30. The molecule has 0 spiro atoms. The zero-order chi connectivity index (χ0) is 21.2. The van der Waals surface area contributed by atoms with Crippen LogP contribution in [0.1, 0.15) is 18.4 Å². The highest BCUT2D eigenvalue weighted by Gasteiger charge is 2.38. The molecular formula is C18H22N2O7S2. The van der Waals surface area contributed by atoms with E-state index in [0.717, 1.165) is 17.3 Å². The van der Waals surface area contributed by atoms with Crippen molar-refractivity contribution in [2.45, 2.75) is 30.7 Å². The van der Waals surface area contributed by atoms with E-state index in [1.807, 2.05) is 0 Å². The van der Waals surface area contributed by atoms with Gasteiger partial charge in [0.2, 0.25) is 11.8 Å². The van der Waals surface area contributed by atoms with E-state index in [0.29, 0.717) is 17.9 Å². The van der Waals surface area contributed by atoms with E-state index in [1.54, 1.807) is 18.2 Å². The molecule has 2 aliphatic rings. The van der Waals surface area contributed by atoms with Crippen molar-refractivity contribution in [1.29, 1.82) is 0 Å². The van der Waals surface area contributed by atoms with E-state index in [1.165, 1.54) is 19.1 Å². The third-order valence-corrected chi connectivity index (χ3v) is 7.63. The number of imide groups is 1. The first-order chi connectivity index (χ1) is 13.7. The SMILES string of the molecule is COc1ccc(CN(C(=O)CC2SC(=O)NC2=O)C2CCS(=O)(=O)C2)cc1OC. The Balaban J connectivity index is 1.82. The van der Waals surface area contributed by atoms with Gasteiger partial charge in [-0.25, -0.2) is 8.42 Å². The number of rotatable bonds is 7. The van der Waals surface area contributed by atoms with Gasteiger partial charge in [0.1, 0.15) is 5.25 Å². The van der Waals surface area contributed by atoms with Crippen LogP contribution in [0, 0.1) is 0 Å². The average molecular weight is 443 g/mol. The van der Waals surface area contributed by atoms with Crippen LogP contribution in [0.5, 0.6) is 11.5 Å². The van der Waals surface area contributed by atoms with E-state index in [-0.39, 0.29) is 30.4 Å². The molecule has 1 aromatic carbocycles. The van der Waals surface area contributed by atoms with Crippen molar-refractivity contribution in [3.8, 4) is 11.5 Å². The number of methoxy groups -OCH3 is 2. The van der Waals surface area contributed by atoms with Crippen molar-refractivity contribution >= 4 is 38.7 Å². The molecule has 2 aliphatic heterocycles. The fraction of sp³-hybridized carbons (Fsp3) is 0.500. The smallest absolute Gasteiger partial charge is 0.286 e. The molecule has 2 atom stereocenters. The molecule has 1 N–H and O–H groups in total. The largest absolute Gasteiger partial charge is 0.493 e. The minimum atomic E-state index is -3.21. The number of hydrogen-bond donors (Lipinski definition) is 1. The molecule has 0 radical (unpaired) electrons. The minimum absolute atomic E-state index is 0.0184. The Labute approximate surface area is 173 Å². The number of amides is 3. The third-order valence-electron chi connectivity index (χ3n) is 4.90. The summed E-state index contributed by atoms with van der Waals surface area (Å²) in [7, 11) is -0.197. The molecule has 0 aliphatic carbocycles. The molecule has 2 saturated heterocycles. The Hall–Kier alpha value is -2.27. The molecular weight excluding hydrogens is 420 g/mol. The summed E-state index contributed by atoms with van der Waals surface area (Å²) in [5.41, 5.74) is 0.736. The van der Waals surface area contributed by atoms with Crippen LogP contribution in [0.15, 0.2) is 18.2 Å². The van der Waals surface area contributed by atoms with Gasteiger partial charge in [-0.3, -0.25) is 19.7 Å². The van der Waals surface area contributed by atoms with Crippen molar-refractivity contribution in [3.05, 3.63) is 23.8 Å². The first kappa shape index (κ1) is 21.4. The zero-order valence-corrected chi connectivity index (χ0v) is 17.7. The summed E-state index contributed by atoms with van der Waals surface area (Å²) >= 11 is 0.777. The van der Waals surface area contributed by atoms with Gasteiger partial charge in [0.15, 0.2) is 21.3 Å². The van der Waals surface area contributed by atoms with Crippen molar-refractivity contribution < 1.29 is 32.3 Å². The molecule has 3 rings (SSSR count). The van der Waals surface area contributed by atoms with Crippen molar-refractivity contribution in [1.82, 2.24) is 10.2 Å². The number of hydrogen-bond acceptors (Lipinski definition) is 8. The summed E-state index contributed by atoms with van der Waals surface area (Å²) in [5, 5.41) is 0.871. The van der Waals surface area contributed by atoms with Crippen LogP contribution in [0.2, 0.25) is 0 Å². The zero-order valence-electron chi connectivity index (χ0n) is 16.0. The predicted octanol–water partition coefficient (Wildman–Crippen LogP) is 0.961. The highest BCUT2D eigenvalue weighted by molar-refractivity contribution is 8.15. The lowest BCUT2D eigenvalue weighted by molar-refractivity contribution is -0.135. The second-order valence-electron chi connectivity index (χ2n) is 6.86. The normalized spacial score (nSPS) is 23.0. The third kappa shape index (κ3) is 5.02. The maximum absolute atomic E-state index is 13.0. The van der Waals surface area contributed by atoms with Crippen LogP contribution in [-0.2, 0) is 26.0 Å². The van der Waals surface area contributed by atoms with Crippen LogP contribution >= 0.6 is 11.8 Å². The Kier molecular flexibility index (Phi) is 6.37. The number of ether oxygens (including phenoxy) is 2. The molecule has 3 amide bonds. The fourth-order valence-electron chi connectivity index (χ4n) is 3.42. The van der Waals surface area contributed by atoms with E-state index in [2.05, 4.69) is 5.32 Å². The number of nitrogens with zero attached hydrogens (tertiary/aromatic N) is 1. The summed E-state index contributed by atoms with van der Waals surface area (Å²) < 4.78 is 34.4. The van der Waals surface area contributed by atoms with Crippen molar-refractivity contribution in [2.75, 3.05) is 25.7 Å². The molecule has 29 heavy (non-hydrogen) atoms. The van der Waals surface area contributed by atoms with Gasteiger partial charge in [0.05, 0.1) is 25.7 Å². The van der Waals surface area contributed by atoms with Gasteiger partial charge in [0.25, 0.3) is 5.24 Å². The first-order valence-corrected chi connectivity index (χ1v) is 11.6. The van der Waals surface area contributed by atoms with Gasteiger partial charge < -0.3 is 14.4 Å². The fourth-order valence-corrected chi connectivity index (χ4v) is 5.96. The Morgan fingerprint density at radius 1 is 1.24 bits per heavy atom. The number of nitrogens with one attached hydrogen (secondary N) is 1. The topological polar surface area (TPSA) is 119 Å². The maximum Gasteiger partial charge on any atom is 0.286 e. The lowest BCUT2D eigenvalue weighted by atomic mass is 10.1. The second kappa shape index (κ2) is 8.62. The molecule has 2 heterocycles. The molecule has 0 saturated carbocycles. The van der Waals surface area contributed by atoms with E-state index >= 15 is 0 Å². The van der Waals surface area contributed by atoms with Crippen LogP contribution < -0.4 is 14.8 Å². The number of carbonyl (C=O) groups is 3. The molecule has 0 bridgehead atoms. The van der Waals surface area contributed by atoms with Gasteiger partial charge >= 0.3 is 0 Å². The van der Waals surface area contributed by atoms with Crippen molar-refractivity contribution in [3.63, 3.8) is 0 Å². The van der Waals surface area contributed by atoms with Gasteiger partial charge in [-0.2, -0.15) is 0 Å². The lowest BCUT2D eigenvalue weighted by Crippen LogP contribution is -2.42. The van der Waals surface area contributed by atoms with Gasteiger partial charge in [0, 0.05) is 19.0 Å². The van der Waals surface area contributed by atoms with Crippen molar-refractivity contribution in [2.24, 2.45) is 0 Å². The number of thioether (sulfide) groups is 1. The minimum Gasteiger partial charge on any atom is -0.493 e. The van der Waals surface area contributed by atoms with E-state index < -0.39 is 32.3 Å². The molecule has 2 unspecified atom stereocenters. The monoisotopic (exact) mass is 442 g/mol. The summed E-state index contributed by atoms with van der Waals surface area (Å²) in [6, 6.07) is 4.72. The summed E-state index contributed by atoms with van der Waals surface area (Å²) in [5.74, 6) is 0.0602. The van der Waals surface area contributed by atoms with Gasteiger partial charge in [-0.15, -0.1) is 0 Å². The Morgan fingerprint density at radius 3 is 2.52 bits per heavy atom. The summed E-state index contributed by atoms with van der Waals surface area (Å²) in [6.07, 6.45) is 0.163. The number of sulfone groups is 1. The molecule has 0 aromatic heterocycles. The molecule has 11 heteroatoms. The standard InChI is InChI=1S/C18H22N2O7S2/c1-26-13-4-3-11(7-14(13)27-2)9-20(12-5-6-29(24,25)10-12)16(21)8-15-17(22)19-18(23)28-15/h3-4,7,12,15H,5-6,8-10H2,1-2H3,(H,19,22,23). The van der Waals surface area contributed by atoms with Crippen LogP contribution in [0.4, 0.5) is 4.79 Å². The second-order valence-corrected chi connectivity index (χ2v) is 10.3. The Morgan fingerprint density at radius 2 is 1.97 bits per heavy atom. The Bertz CT molecular complexity index is 932. The molecule has 2 fully saturated rings. The number of benzene rings is 1. The van der Waals surface area contributed by atoms with Gasteiger partial charge in [-0.1, -0.05) is 17.8 Å². The summed E-state index contributed by atoms with van der Waals surface area (Å²) in [6.45, 7) is 0.159. The summed E-state index contributed by atoms with van der Waals surface area (Å²) in [4.78, 5) is 37.7. The quantitative estimate of drug-likeness (QED) is 0.663. The highest BCUT2D eigenvalue weighted by atomic mass is 32.2. The number of carbonyl (C=O) groups excluding carboxylic acids is 3. The van der Waals surface area contributed by atoms with Crippen LogP contribution in [0.3, 0.4) is 0 Å². The maximum atomic E-state index is 13.0. The lowest BCUT2D eigenvalue weighted by Gasteiger charge is -2.29. The van der Waals surface area contributed by atoms with Crippen LogP contribution in [0.25, 0.3) is 0 Å². The molecule has 1 aromatic rings. The van der Waals surface area contributed by atoms with E-state index in [4.69, 9.17) is 9.47 Å². The first-order valence-electron chi connectivity index (χ1n) is 8.94. The van der Waals surface area contributed by atoms with Crippen LogP contribution in [-0.4, -0.2) is 67.4 Å². The predicted molar refractivity (Wildman–Crippen MR) is 107 cm³/mol. The van der Waals surface area contributed by atoms with Gasteiger partial charge in [-0.05, 0) is 24.1 Å². The molecule has 158 valence electrons. The van der Waals surface area contributed by atoms with E-state index in [9.17, 15) is 22.8 Å².